The fraction of sp³-hybridized carbons (Fsp3) is 0. The lowest BCUT2D eigenvalue weighted by Crippen LogP contribution is -1.75. The molecule has 0 aliphatic rings. The van der Waals surface area contributed by atoms with Crippen molar-refractivity contribution in [3.8, 4) is 0 Å². The third kappa shape index (κ3) is 1.54. The zero-order chi connectivity index (χ0) is 5.28. The highest BCUT2D eigenvalue weighted by molar-refractivity contribution is 7.14. The van der Waals surface area contributed by atoms with Crippen molar-refractivity contribution in [1.29, 1.82) is 0 Å². The summed E-state index contributed by atoms with van der Waals surface area (Å²) in [6.45, 7) is 0. The van der Waals surface area contributed by atoms with Crippen molar-refractivity contribution in [3.05, 3.63) is 16.5 Å². The van der Waals surface area contributed by atoms with E-state index in [0.717, 1.165) is 0 Å². The van der Waals surface area contributed by atoms with Gasteiger partial charge in [-0.2, -0.15) is 0 Å². The van der Waals surface area contributed by atoms with E-state index in [9.17, 15) is 0 Å². The summed E-state index contributed by atoms with van der Waals surface area (Å²) in [5, 5.41) is 3.21. The number of rotatable bonds is 0. The van der Waals surface area contributed by atoms with E-state index in [1.165, 1.54) is 11.3 Å². The molecule has 0 aromatic carbocycles. The highest BCUT2D eigenvalue weighted by atomic mass is 35.5. The Morgan fingerprint density at radius 2 is 2.25 bits per heavy atom. The van der Waals surface area contributed by atoms with E-state index in [-0.39, 0.29) is 12.4 Å². The van der Waals surface area contributed by atoms with Crippen molar-refractivity contribution in [1.82, 2.24) is 0 Å². The molecule has 0 atom stereocenters. The second kappa shape index (κ2) is 3.17. The molecule has 0 aliphatic carbocycles. The van der Waals surface area contributed by atoms with Crippen LogP contribution in [0.4, 0.5) is 5.00 Å². The Balaban J connectivity index is 0.000000490. The van der Waals surface area contributed by atoms with E-state index < -0.39 is 0 Å². The Morgan fingerprint density at radius 1 is 1.62 bits per heavy atom. The lowest BCUT2D eigenvalue weighted by Gasteiger charge is -1.78. The number of hydrogen-bond acceptors (Lipinski definition) is 2. The first kappa shape index (κ1) is 8.08. The van der Waals surface area contributed by atoms with Crippen LogP contribution in [0.5, 0.6) is 0 Å². The van der Waals surface area contributed by atoms with Gasteiger partial charge in [0.15, 0.2) is 0 Å². The summed E-state index contributed by atoms with van der Waals surface area (Å²) in [6.07, 6.45) is 0. The van der Waals surface area contributed by atoms with Crippen molar-refractivity contribution in [2.24, 2.45) is 0 Å². The molecule has 1 aromatic heterocycles. The summed E-state index contributed by atoms with van der Waals surface area (Å²) in [7, 11) is 0. The molecule has 4 heteroatoms. The Morgan fingerprint density at radius 3 is 2.38 bits per heavy atom. The van der Waals surface area contributed by atoms with Gasteiger partial charge in [0.2, 0.25) is 0 Å². The van der Waals surface area contributed by atoms with Gasteiger partial charge in [0, 0.05) is 0 Å². The molecule has 1 nitrogen and oxygen atoms in total. The molecular formula is C4H5Cl2NS. The molecule has 1 heterocycles. The fourth-order valence-electron chi connectivity index (χ4n) is 0.305. The standard InChI is InChI=1S/C4H4ClNS.ClH/c5-3-1-2-7-4(3)6;/h1-2H,6H2;1H. The monoisotopic (exact) mass is 169 g/mol. The van der Waals surface area contributed by atoms with E-state index in [1.807, 2.05) is 5.38 Å². The number of halogens is 2. The molecule has 1 rings (SSSR count). The van der Waals surface area contributed by atoms with E-state index in [1.54, 1.807) is 6.07 Å². The van der Waals surface area contributed by atoms with E-state index >= 15 is 0 Å². The van der Waals surface area contributed by atoms with Gasteiger partial charge in [0.25, 0.3) is 0 Å². The van der Waals surface area contributed by atoms with Crippen LogP contribution in [0.15, 0.2) is 11.4 Å². The second-order valence-electron chi connectivity index (χ2n) is 1.13. The SMILES string of the molecule is Cl.Nc1sccc1Cl. The molecule has 0 saturated heterocycles. The van der Waals surface area contributed by atoms with Gasteiger partial charge in [0.05, 0.1) is 5.02 Å². The minimum absolute atomic E-state index is 0. The first-order valence-corrected chi connectivity index (χ1v) is 3.05. The summed E-state index contributed by atoms with van der Waals surface area (Å²) in [5.74, 6) is 0. The van der Waals surface area contributed by atoms with Crippen molar-refractivity contribution in [2.75, 3.05) is 5.73 Å². The summed E-state index contributed by atoms with van der Waals surface area (Å²) in [6, 6.07) is 1.78. The lowest BCUT2D eigenvalue weighted by atomic mass is 10.6. The molecule has 1 aromatic rings. The molecule has 0 unspecified atom stereocenters. The van der Waals surface area contributed by atoms with Gasteiger partial charge < -0.3 is 5.73 Å². The number of nitrogens with two attached hydrogens (primary N) is 1. The first-order chi connectivity index (χ1) is 3.30. The van der Waals surface area contributed by atoms with E-state index in [4.69, 9.17) is 17.3 Å². The normalized spacial score (nSPS) is 8.12. The molecule has 8 heavy (non-hydrogen) atoms. The maximum Gasteiger partial charge on any atom is 0.105 e. The van der Waals surface area contributed by atoms with Crippen LogP contribution >= 0.6 is 35.3 Å². The van der Waals surface area contributed by atoms with E-state index in [0.29, 0.717) is 10.0 Å². The van der Waals surface area contributed by atoms with Crippen molar-refractivity contribution in [2.45, 2.75) is 0 Å². The predicted octanol–water partition coefficient (Wildman–Crippen LogP) is 2.41. The Kier molecular flexibility index (Phi) is 3.21. The van der Waals surface area contributed by atoms with Crippen LogP contribution in [0.25, 0.3) is 0 Å². The zero-order valence-corrected chi connectivity index (χ0v) is 6.32. The summed E-state index contributed by atoms with van der Waals surface area (Å²) in [4.78, 5) is 0. The third-order valence-electron chi connectivity index (χ3n) is 0.645. The maximum absolute atomic E-state index is 5.51. The minimum Gasteiger partial charge on any atom is -0.389 e. The number of nitrogen functional groups attached to an aromatic ring is 1. The Labute approximate surface area is 62.9 Å². The topological polar surface area (TPSA) is 26.0 Å². The number of anilines is 1. The number of thiophene rings is 1. The van der Waals surface area contributed by atoms with Gasteiger partial charge in [-0.3, -0.25) is 0 Å². The Hall–Kier alpha value is 0.0800. The zero-order valence-electron chi connectivity index (χ0n) is 3.93. The molecule has 0 radical (unpaired) electrons. The highest BCUT2D eigenvalue weighted by Crippen LogP contribution is 2.23. The van der Waals surface area contributed by atoms with Gasteiger partial charge in [-0.05, 0) is 11.4 Å². The van der Waals surface area contributed by atoms with Gasteiger partial charge in [-0.15, -0.1) is 23.7 Å². The highest BCUT2D eigenvalue weighted by Gasteiger charge is 1.90. The molecule has 0 fully saturated rings. The van der Waals surface area contributed by atoms with Gasteiger partial charge in [-0.1, -0.05) is 11.6 Å². The average Bonchev–Trinajstić information content (AvgIpc) is 1.91. The van der Waals surface area contributed by atoms with Crippen LogP contribution in [-0.2, 0) is 0 Å². The molecule has 0 bridgehead atoms. The van der Waals surface area contributed by atoms with Crippen molar-refractivity contribution < 1.29 is 0 Å². The van der Waals surface area contributed by atoms with Crippen LogP contribution in [-0.4, -0.2) is 0 Å². The smallest absolute Gasteiger partial charge is 0.105 e. The lowest BCUT2D eigenvalue weighted by molar-refractivity contribution is 1.93. The molecule has 0 spiro atoms. The van der Waals surface area contributed by atoms with Crippen molar-refractivity contribution in [3.63, 3.8) is 0 Å². The van der Waals surface area contributed by atoms with Crippen LogP contribution in [0.2, 0.25) is 5.02 Å². The summed E-state index contributed by atoms with van der Waals surface area (Å²) in [5.41, 5.74) is 5.33. The third-order valence-corrected chi connectivity index (χ3v) is 1.83. The fourth-order valence-corrected chi connectivity index (χ4v) is 1.11. The molecule has 0 saturated carbocycles. The Bertz CT molecular complexity index is 146. The molecule has 2 N–H and O–H groups in total. The van der Waals surface area contributed by atoms with Gasteiger partial charge >= 0.3 is 0 Å². The molecule has 0 amide bonds. The summed E-state index contributed by atoms with van der Waals surface area (Å²) >= 11 is 6.96. The summed E-state index contributed by atoms with van der Waals surface area (Å²) < 4.78 is 0. The van der Waals surface area contributed by atoms with Gasteiger partial charge in [-0.25, -0.2) is 0 Å². The number of hydrogen-bond donors (Lipinski definition) is 1. The predicted molar refractivity (Wildman–Crippen MR) is 41.0 cm³/mol. The molecule has 0 aliphatic heterocycles. The maximum atomic E-state index is 5.51. The molecular weight excluding hydrogens is 165 g/mol. The van der Waals surface area contributed by atoms with Crippen LogP contribution < -0.4 is 5.73 Å². The molecule has 46 valence electrons. The first-order valence-electron chi connectivity index (χ1n) is 1.79. The van der Waals surface area contributed by atoms with Crippen LogP contribution in [0.3, 0.4) is 0 Å². The van der Waals surface area contributed by atoms with E-state index in [2.05, 4.69) is 0 Å². The average molecular weight is 170 g/mol. The van der Waals surface area contributed by atoms with Crippen LogP contribution in [0, 0.1) is 0 Å². The van der Waals surface area contributed by atoms with Crippen molar-refractivity contribution >= 4 is 40.3 Å². The largest absolute Gasteiger partial charge is 0.389 e. The second-order valence-corrected chi connectivity index (χ2v) is 2.49. The quantitative estimate of drug-likeness (QED) is 0.635. The minimum atomic E-state index is 0. The van der Waals surface area contributed by atoms with Crippen LogP contribution in [0.1, 0.15) is 0 Å². The van der Waals surface area contributed by atoms with Gasteiger partial charge in [0.1, 0.15) is 5.00 Å².